The van der Waals surface area contributed by atoms with Gasteiger partial charge in [0, 0.05) is 18.7 Å². The summed E-state index contributed by atoms with van der Waals surface area (Å²) < 4.78 is 2.68. The van der Waals surface area contributed by atoms with Gasteiger partial charge in [-0.25, -0.2) is 9.50 Å². The first-order chi connectivity index (χ1) is 8.61. The van der Waals surface area contributed by atoms with Crippen molar-refractivity contribution in [1.29, 1.82) is 0 Å². The number of nitrogens with one attached hydrogen (secondary N) is 2. The highest BCUT2D eigenvalue weighted by atomic mass is 127. The Labute approximate surface area is 124 Å². The Morgan fingerprint density at radius 2 is 2.33 bits per heavy atom. The molecule has 1 unspecified atom stereocenters. The summed E-state index contributed by atoms with van der Waals surface area (Å²) in [5.41, 5.74) is 1.70. The van der Waals surface area contributed by atoms with Crippen LogP contribution in [0.1, 0.15) is 13.8 Å². The standard InChI is InChI=1S/C11H15ClIN5/c1-3-14-7(2)5-15-8-4-9(12)17-18-10(13)6-16-11(8)18/h4,6-7,14-15H,3,5H2,1-2H3. The van der Waals surface area contributed by atoms with E-state index >= 15 is 0 Å². The summed E-state index contributed by atoms with van der Waals surface area (Å²) in [6.45, 7) is 5.99. The Kier molecular flexibility index (Phi) is 4.63. The van der Waals surface area contributed by atoms with E-state index in [1.54, 1.807) is 16.8 Å². The number of likely N-dealkylation sites (N-methyl/N-ethyl adjacent to an activating group) is 1. The molecule has 18 heavy (non-hydrogen) atoms. The second kappa shape index (κ2) is 6.03. The fourth-order valence-corrected chi connectivity index (χ4v) is 2.39. The average molecular weight is 380 g/mol. The van der Waals surface area contributed by atoms with Crippen LogP contribution in [0.4, 0.5) is 5.69 Å². The first-order valence-electron chi connectivity index (χ1n) is 5.79. The van der Waals surface area contributed by atoms with Crippen LogP contribution >= 0.6 is 34.2 Å². The lowest BCUT2D eigenvalue weighted by molar-refractivity contribution is 0.590. The average Bonchev–Trinajstić information content (AvgIpc) is 2.69. The molecule has 2 aromatic rings. The van der Waals surface area contributed by atoms with Crippen molar-refractivity contribution >= 4 is 45.5 Å². The van der Waals surface area contributed by atoms with Gasteiger partial charge in [-0.3, -0.25) is 0 Å². The molecule has 2 heterocycles. The number of imidazole rings is 1. The number of nitrogens with zero attached hydrogens (tertiary/aromatic N) is 3. The second-order valence-corrected chi connectivity index (χ2v) is 5.53. The molecule has 0 saturated carbocycles. The molecule has 0 saturated heterocycles. The molecule has 1 atom stereocenters. The van der Waals surface area contributed by atoms with Crippen molar-refractivity contribution in [2.24, 2.45) is 0 Å². The quantitative estimate of drug-likeness (QED) is 0.783. The van der Waals surface area contributed by atoms with Gasteiger partial charge in [0.25, 0.3) is 0 Å². The van der Waals surface area contributed by atoms with Gasteiger partial charge in [0.15, 0.2) is 10.8 Å². The van der Waals surface area contributed by atoms with E-state index in [0.29, 0.717) is 11.2 Å². The Bertz CT molecular complexity index is 541. The van der Waals surface area contributed by atoms with Crippen molar-refractivity contribution in [2.45, 2.75) is 19.9 Å². The molecule has 2 rings (SSSR count). The lowest BCUT2D eigenvalue weighted by atomic mass is 10.3. The SMILES string of the molecule is CCNC(C)CNc1cc(Cl)nn2c(I)cnc12. The van der Waals surface area contributed by atoms with Crippen LogP contribution in [0, 0.1) is 3.70 Å². The molecule has 5 nitrogen and oxygen atoms in total. The van der Waals surface area contributed by atoms with Gasteiger partial charge in [0.2, 0.25) is 0 Å². The van der Waals surface area contributed by atoms with Gasteiger partial charge in [0.05, 0.1) is 11.9 Å². The van der Waals surface area contributed by atoms with Gasteiger partial charge >= 0.3 is 0 Å². The molecule has 0 aromatic carbocycles. The molecular weight excluding hydrogens is 365 g/mol. The molecular formula is C11H15ClIN5. The second-order valence-electron chi connectivity index (χ2n) is 4.04. The third-order valence-electron chi connectivity index (χ3n) is 2.55. The summed E-state index contributed by atoms with van der Waals surface area (Å²) in [6.07, 6.45) is 1.78. The highest BCUT2D eigenvalue weighted by Crippen LogP contribution is 2.20. The lowest BCUT2D eigenvalue weighted by Crippen LogP contribution is -2.32. The smallest absolute Gasteiger partial charge is 0.178 e. The maximum Gasteiger partial charge on any atom is 0.178 e. The minimum absolute atomic E-state index is 0.385. The number of halogens is 2. The molecule has 0 radical (unpaired) electrons. The molecule has 2 aromatic heterocycles. The van der Waals surface area contributed by atoms with E-state index in [9.17, 15) is 0 Å². The van der Waals surface area contributed by atoms with Crippen molar-refractivity contribution in [1.82, 2.24) is 19.9 Å². The van der Waals surface area contributed by atoms with Crippen LogP contribution in [-0.4, -0.2) is 33.7 Å². The molecule has 0 aliphatic heterocycles. The zero-order valence-corrected chi connectivity index (χ0v) is 13.2. The summed E-state index contributed by atoms with van der Waals surface area (Å²) in [5.74, 6) is 0. The molecule has 0 amide bonds. The number of anilines is 1. The van der Waals surface area contributed by atoms with Gasteiger partial charge in [-0.15, -0.1) is 0 Å². The summed E-state index contributed by atoms with van der Waals surface area (Å²) in [4.78, 5) is 4.33. The fourth-order valence-electron chi connectivity index (χ4n) is 1.73. The summed E-state index contributed by atoms with van der Waals surface area (Å²) in [5, 5.41) is 11.4. The van der Waals surface area contributed by atoms with Gasteiger partial charge in [-0.05, 0) is 36.1 Å². The maximum atomic E-state index is 6.01. The highest BCUT2D eigenvalue weighted by molar-refractivity contribution is 14.1. The number of fused-ring (bicyclic) bond motifs is 1. The number of aromatic nitrogens is 3. The van der Waals surface area contributed by atoms with E-state index in [0.717, 1.165) is 28.1 Å². The molecule has 7 heteroatoms. The zero-order valence-electron chi connectivity index (χ0n) is 10.2. The number of rotatable bonds is 5. The van der Waals surface area contributed by atoms with E-state index < -0.39 is 0 Å². The molecule has 0 bridgehead atoms. The molecule has 0 fully saturated rings. The predicted octanol–water partition coefficient (Wildman–Crippen LogP) is 2.40. The maximum absolute atomic E-state index is 6.01. The minimum atomic E-state index is 0.385. The van der Waals surface area contributed by atoms with Crippen LogP contribution in [-0.2, 0) is 0 Å². The summed E-state index contributed by atoms with van der Waals surface area (Å²) >= 11 is 8.19. The topological polar surface area (TPSA) is 54.2 Å². The highest BCUT2D eigenvalue weighted by Gasteiger charge is 2.09. The van der Waals surface area contributed by atoms with Gasteiger partial charge < -0.3 is 10.6 Å². The van der Waals surface area contributed by atoms with Crippen molar-refractivity contribution < 1.29 is 0 Å². The number of hydrogen-bond acceptors (Lipinski definition) is 4. The van der Waals surface area contributed by atoms with Crippen LogP contribution in [0.5, 0.6) is 0 Å². The lowest BCUT2D eigenvalue weighted by Gasteiger charge is -2.14. The van der Waals surface area contributed by atoms with Crippen molar-refractivity contribution in [2.75, 3.05) is 18.4 Å². The fraction of sp³-hybridized carbons (Fsp3) is 0.455. The normalized spacial score (nSPS) is 12.9. The van der Waals surface area contributed by atoms with E-state index in [1.165, 1.54) is 0 Å². The minimum Gasteiger partial charge on any atom is -0.380 e. The molecule has 98 valence electrons. The molecule has 0 aliphatic carbocycles. The van der Waals surface area contributed by atoms with Gasteiger partial charge in [-0.2, -0.15) is 5.10 Å². The zero-order chi connectivity index (χ0) is 13.1. The summed E-state index contributed by atoms with van der Waals surface area (Å²) in [7, 11) is 0. The van der Waals surface area contributed by atoms with E-state index in [2.05, 4.69) is 57.2 Å². The van der Waals surface area contributed by atoms with Crippen LogP contribution in [0.3, 0.4) is 0 Å². The van der Waals surface area contributed by atoms with Gasteiger partial charge in [-0.1, -0.05) is 18.5 Å². The Hall–Kier alpha value is -0.600. The van der Waals surface area contributed by atoms with Crippen LogP contribution < -0.4 is 10.6 Å². The Morgan fingerprint density at radius 1 is 1.56 bits per heavy atom. The van der Waals surface area contributed by atoms with E-state index in [4.69, 9.17) is 11.6 Å². The van der Waals surface area contributed by atoms with Crippen LogP contribution in [0.15, 0.2) is 12.3 Å². The van der Waals surface area contributed by atoms with Crippen LogP contribution in [0.25, 0.3) is 5.65 Å². The Morgan fingerprint density at radius 3 is 3.06 bits per heavy atom. The van der Waals surface area contributed by atoms with E-state index in [-0.39, 0.29) is 0 Å². The van der Waals surface area contributed by atoms with Gasteiger partial charge in [0.1, 0.15) is 3.70 Å². The predicted molar refractivity (Wildman–Crippen MR) is 82.3 cm³/mol. The Balaban J connectivity index is 2.22. The third-order valence-corrected chi connectivity index (χ3v) is 3.47. The van der Waals surface area contributed by atoms with Crippen LogP contribution in [0.2, 0.25) is 5.15 Å². The molecule has 0 spiro atoms. The molecule has 0 aliphatic rings. The van der Waals surface area contributed by atoms with Crippen molar-refractivity contribution in [3.8, 4) is 0 Å². The van der Waals surface area contributed by atoms with Crippen molar-refractivity contribution in [3.05, 3.63) is 21.1 Å². The largest absolute Gasteiger partial charge is 0.380 e. The first-order valence-corrected chi connectivity index (χ1v) is 7.24. The summed E-state index contributed by atoms with van der Waals surface area (Å²) in [6, 6.07) is 2.19. The monoisotopic (exact) mass is 379 g/mol. The van der Waals surface area contributed by atoms with Crippen molar-refractivity contribution in [3.63, 3.8) is 0 Å². The van der Waals surface area contributed by atoms with E-state index in [1.807, 2.05) is 0 Å². The third kappa shape index (κ3) is 3.04. The number of hydrogen-bond donors (Lipinski definition) is 2. The first kappa shape index (κ1) is 13.8. The molecule has 2 N–H and O–H groups in total.